The highest BCUT2D eigenvalue weighted by Crippen LogP contribution is 2.30. The summed E-state index contributed by atoms with van der Waals surface area (Å²) in [6.07, 6.45) is 5.50. The fraction of sp³-hybridized carbons (Fsp3) is 0.214. The number of aromatic nitrogens is 6. The largest absolute Gasteiger partial charge is 0.333 e. The second-order valence-electron chi connectivity index (χ2n) is 8.86. The third-order valence-electron chi connectivity index (χ3n) is 6.40. The van der Waals surface area contributed by atoms with Crippen LogP contribution in [0.4, 0.5) is 4.39 Å². The molecule has 0 bridgehead atoms. The van der Waals surface area contributed by atoms with Crippen molar-refractivity contribution in [2.24, 2.45) is 0 Å². The van der Waals surface area contributed by atoms with Crippen LogP contribution in [0.25, 0.3) is 28.2 Å². The number of benzene rings is 3. The number of aromatic amines is 1. The Hall–Kier alpha value is -4.04. The maximum absolute atomic E-state index is 14.7. The lowest BCUT2D eigenvalue weighted by molar-refractivity contribution is 0.612. The fourth-order valence-corrected chi connectivity index (χ4v) is 4.76. The van der Waals surface area contributed by atoms with Crippen LogP contribution in [0.2, 0.25) is 5.02 Å². The molecule has 0 spiro atoms. The highest BCUT2D eigenvalue weighted by molar-refractivity contribution is 6.32. The zero-order chi connectivity index (χ0) is 25.8. The lowest BCUT2D eigenvalue weighted by Crippen LogP contribution is -2.25. The van der Waals surface area contributed by atoms with Gasteiger partial charge in [-0.25, -0.2) is 9.18 Å². The number of hydrogen-bond donors (Lipinski definition) is 1. The summed E-state index contributed by atoms with van der Waals surface area (Å²) in [5.74, 6) is -0.00688. The number of aryl methyl sites for hydroxylation is 1. The van der Waals surface area contributed by atoms with Crippen molar-refractivity contribution in [3.8, 4) is 28.2 Å². The molecule has 1 N–H and O–H groups in total. The number of nitrogens with one attached hydrogen (secondary N) is 1. The highest BCUT2D eigenvalue weighted by Gasteiger charge is 2.18. The molecule has 188 valence electrons. The van der Waals surface area contributed by atoms with Crippen molar-refractivity contribution in [2.45, 2.75) is 39.2 Å². The van der Waals surface area contributed by atoms with E-state index in [-0.39, 0.29) is 16.4 Å². The molecular weight excluding hydrogens is 491 g/mol. The minimum Gasteiger partial charge on any atom is -0.292 e. The maximum atomic E-state index is 14.7. The van der Waals surface area contributed by atoms with E-state index in [2.05, 4.69) is 27.5 Å². The molecule has 5 rings (SSSR count). The lowest BCUT2D eigenvalue weighted by atomic mass is 9.98. The number of H-pyrrole nitrogens is 1. The summed E-state index contributed by atoms with van der Waals surface area (Å²) >= 11 is 6.29. The number of halogens is 2. The topological polar surface area (TPSA) is 81.4 Å². The lowest BCUT2D eigenvalue weighted by Gasteiger charge is -2.10. The number of hydrogen-bond acceptors (Lipinski definition) is 4. The first-order chi connectivity index (χ1) is 18.1. The van der Waals surface area contributed by atoms with E-state index in [1.54, 1.807) is 16.8 Å². The summed E-state index contributed by atoms with van der Waals surface area (Å²) in [6.45, 7) is 2.50. The average molecular weight is 517 g/mol. The molecule has 7 nitrogen and oxygen atoms in total. The molecule has 0 saturated heterocycles. The summed E-state index contributed by atoms with van der Waals surface area (Å²) in [4.78, 5) is 13.5. The molecule has 2 aromatic heterocycles. The summed E-state index contributed by atoms with van der Waals surface area (Å²) in [7, 11) is 0. The van der Waals surface area contributed by atoms with Gasteiger partial charge in [0.1, 0.15) is 11.5 Å². The zero-order valence-electron chi connectivity index (χ0n) is 20.4. The second kappa shape index (κ2) is 10.9. The Labute approximate surface area is 218 Å². The molecule has 0 amide bonds. The van der Waals surface area contributed by atoms with Gasteiger partial charge in [-0.3, -0.25) is 9.13 Å². The van der Waals surface area contributed by atoms with E-state index in [0.29, 0.717) is 12.4 Å². The van der Waals surface area contributed by atoms with Gasteiger partial charge in [0.05, 0.1) is 11.6 Å². The zero-order valence-corrected chi connectivity index (χ0v) is 21.1. The van der Waals surface area contributed by atoms with Gasteiger partial charge in [-0.15, -0.1) is 10.2 Å². The quantitative estimate of drug-likeness (QED) is 0.241. The molecule has 0 aliphatic carbocycles. The van der Waals surface area contributed by atoms with Crippen molar-refractivity contribution in [3.05, 3.63) is 106 Å². The number of unbranched alkanes of at least 4 members (excludes halogenated alkanes) is 2. The third kappa shape index (κ3) is 5.11. The van der Waals surface area contributed by atoms with E-state index in [1.807, 2.05) is 48.5 Å². The first kappa shape index (κ1) is 24.6. The molecule has 0 aliphatic rings. The van der Waals surface area contributed by atoms with Gasteiger partial charge in [0.15, 0.2) is 0 Å². The Kier molecular flexibility index (Phi) is 7.28. The molecule has 2 heterocycles. The first-order valence-corrected chi connectivity index (χ1v) is 12.6. The molecule has 9 heteroatoms. The van der Waals surface area contributed by atoms with E-state index in [1.165, 1.54) is 16.7 Å². The molecule has 0 saturated carbocycles. The minimum atomic E-state index is -0.531. The van der Waals surface area contributed by atoms with Crippen LogP contribution in [0.15, 0.2) is 77.7 Å². The molecule has 0 aliphatic heterocycles. The fourth-order valence-electron chi connectivity index (χ4n) is 4.51. The van der Waals surface area contributed by atoms with Crippen molar-refractivity contribution >= 4 is 11.6 Å². The Balaban J connectivity index is 1.48. The molecular formula is C28H26ClFN6O. The molecule has 37 heavy (non-hydrogen) atoms. The standard InChI is InChI=1S/C28H26ClFN6O/c1-2-3-4-8-21-18-36(26-24(29)11-7-12-25(26)30)28(37)35(21)17-19-13-15-20(16-14-19)22-9-5-6-10-23(22)27-31-33-34-32-27/h5-7,9-16,18H,2-4,8,17H2,1H3,(H,31,32,33,34). The van der Waals surface area contributed by atoms with E-state index in [4.69, 9.17) is 11.6 Å². The van der Waals surface area contributed by atoms with Gasteiger partial charge < -0.3 is 0 Å². The number of rotatable bonds is 9. The Morgan fingerprint density at radius 1 is 0.973 bits per heavy atom. The maximum Gasteiger partial charge on any atom is 0.333 e. The monoisotopic (exact) mass is 516 g/mol. The van der Waals surface area contributed by atoms with Crippen LogP contribution in [0.3, 0.4) is 0 Å². The van der Waals surface area contributed by atoms with Crippen LogP contribution in [0.5, 0.6) is 0 Å². The van der Waals surface area contributed by atoms with Crippen molar-refractivity contribution in [3.63, 3.8) is 0 Å². The Morgan fingerprint density at radius 2 is 1.76 bits per heavy atom. The second-order valence-corrected chi connectivity index (χ2v) is 9.27. The van der Waals surface area contributed by atoms with Gasteiger partial charge in [0, 0.05) is 17.5 Å². The number of tetrazole rings is 1. The van der Waals surface area contributed by atoms with Crippen LogP contribution in [0, 0.1) is 5.82 Å². The Bertz CT molecular complexity index is 1540. The predicted octanol–water partition coefficient (Wildman–Crippen LogP) is 6.06. The SMILES string of the molecule is CCCCCc1cn(-c2c(F)cccc2Cl)c(=O)n1Cc1ccc(-c2ccccc2-c2nn[nH]n2)cc1. The van der Waals surface area contributed by atoms with Crippen molar-refractivity contribution in [2.75, 3.05) is 0 Å². The summed E-state index contributed by atoms with van der Waals surface area (Å²) in [5.41, 5.74) is 4.42. The molecule has 0 fully saturated rings. The first-order valence-electron chi connectivity index (χ1n) is 12.2. The number of imidazole rings is 1. The minimum absolute atomic E-state index is 0.0816. The van der Waals surface area contributed by atoms with Gasteiger partial charge in [0.25, 0.3) is 0 Å². The highest BCUT2D eigenvalue weighted by atomic mass is 35.5. The molecule has 0 atom stereocenters. The molecule has 3 aromatic carbocycles. The van der Waals surface area contributed by atoms with Gasteiger partial charge >= 0.3 is 5.69 Å². The average Bonchev–Trinajstić information content (AvgIpc) is 3.55. The van der Waals surface area contributed by atoms with Crippen molar-refractivity contribution in [1.82, 2.24) is 29.8 Å². The van der Waals surface area contributed by atoms with Crippen LogP contribution >= 0.6 is 11.6 Å². The molecule has 0 unspecified atom stereocenters. The molecule has 5 aromatic rings. The summed E-state index contributed by atoms with van der Waals surface area (Å²) < 4.78 is 17.7. The van der Waals surface area contributed by atoms with Crippen molar-refractivity contribution < 1.29 is 4.39 Å². The van der Waals surface area contributed by atoms with Gasteiger partial charge in [-0.1, -0.05) is 86.0 Å². The van der Waals surface area contributed by atoms with Crippen LogP contribution in [-0.4, -0.2) is 29.8 Å². The van der Waals surface area contributed by atoms with E-state index >= 15 is 0 Å². The van der Waals surface area contributed by atoms with Crippen molar-refractivity contribution in [1.29, 1.82) is 0 Å². The summed E-state index contributed by atoms with van der Waals surface area (Å²) in [6, 6.07) is 20.3. The van der Waals surface area contributed by atoms with E-state index < -0.39 is 5.82 Å². The van der Waals surface area contributed by atoms with E-state index in [9.17, 15) is 9.18 Å². The third-order valence-corrected chi connectivity index (χ3v) is 6.70. The molecule has 0 radical (unpaired) electrons. The normalized spacial score (nSPS) is 11.2. The Morgan fingerprint density at radius 3 is 2.46 bits per heavy atom. The van der Waals surface area contributed by atoms with Gasteiger partial charge in [0.2, 0.25) is 5.82 Å². The van der Waals surface area contributed by atoms with Crippen LogP contribution < -0.4 is 5.69 Å². The van der Waals surface area contributed by atoms with E-state index in [0.717, 1.165) is 53.6 Å². The predicted molar refractivity (Wildman–Crippen MR) is 142 cm³/mol. The van der Waals surface area contributed by atoms with Gasteiger partial charge in [-0.05, 0) is 46.9 Å². The summed E-state index contributed by atoms with van der Waals surface area (Å²) in [5, 5.41) is 14.6. The van der Waals surface area contributed by atoms with Crippen LogP contribution in [-0.2, 0) is 13.0 Å². The van der Waals surface area contributed by atoms with Crippen LogP contribution in [0.1, 0.15) is 37.4 Å². The number of nitrogens with zero attached hydrogens (tertiary/aromatic N) is 5. The smallest absolute Gasteiger partial charge is 0.292 e. The van der Waals surface area contributed by atoms with Gasteiger partial charge in [-0.2, -0.15) is 5.21 Å². The number of para-hydroxylation sites is 1.